The van der Waals surface area contributed by atoms with Gasteiger partial charge >= 0.3 is 29.0 Å². The van der Waals surface area contributed by atoms with E-state index in [0.29, 0.717) is 12.0 Å². The molecule has 0 aliphatic heterocycles. The molecule has 2 rings (SSSR count). The van der Waals surface area contributed by atoms with Crippen LogP contribution >= 0.6 is 0 Å². The molecular weight excluding hydrogens is 625 g/mol. The van der Waals surface area contributed by atoms with Crippen molar-refractivity contribution in [1.29, 1.82) is 0 Å². The molecular formula is C42H66MgO6. The van der Waals surface area contributed by atoms with Crippen LogP contribution in [0.2, 0.25) is 0 Å². The Kier molecular flexibility index (Phi) is 30.2. The summed E-state index contributed by atoms with van der Waals surface area (Å²) in [6, 6.07) is 9.61. The normalized spacial score (nSPS) is 10.7. The first-order valence-electron chi connectivity index (χ1n) is 19.4. The molecule has 0 atom stereocenters. The molecule has 2 N–H and O–H groups in total. The van der Waals surface area contributed by atoms with Crippen LogP contribution in [-0.2, 0) is 12.8 Å². The van der Waals surface area contributed by atoms with E-state index in [2.05, 4.69) is 13.8 Å². The topological polar surface area (TPSA) is 121 Å². The summed E-state index contributed by atoms with van der Waals surface area (Å²) in [7, 11) is 0. The molecule has 0 radical (unpaired) electrons. The molecule has 272 valence electrons. The molecule has 0 saturated carbocycles. The van der Waals surface area contributed by atoms with E-state index in [9.17, 15) is 30.0 Å². The van der Waals surface area contributed by atoms with Crippen molar-refractivity contribution in [1.82, 2.24) is 0 Å². The van der Waals surface area contributed by atoms with E-state index in [4.69, 9.17) is 0 Å². The molecule has 0 saturated heterocycles. The van der Waals surface area contributed by atoms with Gasteiger partial charge in [0.2, 0.25) is 0 Å². The number of phenols is 1. The number of aromatic carboxylic acids is 2. The molecule has 0 amide bonds. The Bertz CT molecular complexity index is 1030. The van der Waals surface area contributed by atoms with Crippen molar-refractivity contribution in [3.8, 4) is 11.5 Å². The summed E-state index contributed by atoms with van der Waals surface area (Å²) in [5, 5.41) is 41.5. The van der Waals surface area contributed by atoms with Crippen molar-refractivity contribution in [2.45, 2.75) is 181 Å². The van der Waals surface area contributed by atoms with Crippen LogP contribution in [0.15, 0.2) is 36.4 Å². The van der Waals surface area contributed by atoms with E-state index in [0.717, 1.165) is 37.7 Å². The van der Waals surface area contributed by atoms with Gasteiger partial charge < -0.3 is 25.2 Å². The van der Waals surface area contributed by atoms with Gasteiger partial charge in [-0.15, -0.1) is 0 Å². The minimum absolute atomic E-state index is 0. The first kappa shape index (κ1) is 46.7. The summed E-state index contributed by atoms with van der Waals surface area (Å²) >= 11 is 0. The summed E-state index contributed by atoms with van der Waals surface area (Å²) in [5.41, 5.74) is 1.28. The number of aromatic hydroxyl groups is 1. The summed E-state index contributed by atoms with van der Waals surface area (Å²) in [5.74, 6) is -2.96. The first-order valence-corrected chi connectivity index (χ1v) is 19.4. The SMILES string of the molecule is CCCCCCCCCCCCCCc1cccc(O)c1C(=O)O.CCCCCCCCCCCCCCc1cccc([O-])c1C(=O)[O-].[Mg+2]. The Morgan fingerprint density at radius 1 is 0.531 bits per heavy atom. The zero-order valence-corrected chi connectivity index (χ0v) is 32.5. The van der Waals surface area contributed by atoms with Crippen molar-refractivity contribution in [2.24, 2.45) is 0 Å². The summed E-state index contributed by atoms with van der Waals surface area (Å²) in [6.07, 6.45) is 32.2. The van der Waals surface area contributed by atoms with Crippen molar-refractivity contribution in [3.05, 3.63) is 58.7 Å². The third kappa shape index (κ3) is 23.0. The van der Waals surface area contributed by atoms with Crippen LogP contribution in [0.4, 0.5) is 0 Å². The number of aryl methyl sites for hydroxylation is 2. The fraction of sp³-hybridized carbons (Fsp3) is 0.667. The minimum atomic E-state index is -1.35. The summed E-state index contributed by atoms with van der Waals surface area (Å²) < 4.78 is 0. The van der Waals surface area contributed by atoms with Crippen LogP contribution in [0, 0.1) is 0 Å². The maximum Gasteiger partial charge on any atom is 2.00 e. The second kappa shape index (κ2) is 31.7. The van der Waals surface area contributed by atoms with Crippen LogP contribution < -0.4 is 10.2 Å². The zero-order chi connectivity index (χ0) is 35.2. The second-order valence-electron chi connectivity index (χ2n) is 13.5. The number of carboxylic acids is 2. The molecule has 0 bridgehead atoms. The molecule has 0 aliphatic carbocycles. The van der Waals surface area contributed by atoms with Crippen LogP contribution in [0.5, 0.6) is 11.5 Å². The molecule has 0 spiro atoms. The van der Waals surface area contributed by atoms with Gasteiger partial charge in [-0.2, -0.15) is 0 Å². The van der Waals surface area contributed by atoms with Gasteiger partial charge in [0.05, 0.1) is 5.97 Å². The fourth-order valence-electron chi connectivity index (χ4n) is 6.37. The van der Waals surface area contributed by atoms with E-state index >= 15 is 0 Å². The Balaban J connectivity index is 0.000000922. The second-order valence-corrected chi connectivity index (χ2v) is 13.5. The molecule has 0 aromatic heterocycles. The van der Waals surface area contributed by atoms with E-state index in [1.165, 1.54) is 141 Å². The van der Waals surface area contributed by atoms with Gasteiger partial charge in [0.15, 0.2) is 0 Å². The molecule has 2 aromatic carbocycles. The summed E-state index contributed by atoms with van der Waals surface area (Å²) in [4.78, 5) is 22.3. The number of hydrogen-bond donors (Lipinski definition) is 2. The first-order chi connectivity index (χ1) is 23.3. The third-order valence-electron chi connectivity index (χ3n) is 9.26. The van der Waals surface area contributed by atoms with E-state index in [1.54, 1.807) is 18.2 Å². The van der Waals surface area contributed by atoms with E-state index < -0.39 is 17.7 Å². The molecule has 0 heterocycles. The molecule has 0 fully saturated rings. The van der Waals surface area contributed by atoms with Crippen molar-refractivity contribution >= 4 is 35.0 Å². The fourth-order valence-corrected chi connectivity index (χ4v) is 6.37. The van der Waals surface area contributed by atoms with Crippen LogP contribution in [0.3, 0.4) is 0 Å². The minimum Gasteiger partial charge on any atom is -0.872 e. The van der Waals surface area contributed by atoms with Gasteiger partial charge in [0.25, 0.3) is 0 Å². The maximum atomic E-state index is 11.6. The van der Waals surface area contributed by atoms with E-state index in [-0.39, 0.29) is 39.9 Å². The van der Waals surface area contributed by atoms with Gasteiger partial charge in [-0.25, -0.2) is 4.79 Å². The molecule has 0 unspecified atom stereocenters. The molecule has 49 heavy (non-hydrogen) atoms. The molecule has 2 aromatic rings. The van der Waals surface area contributed by atoms with Crippen LogP contribution in [0.1, 0.15) is 200 Å². The average molecular weight is 691 g/mol. The Labute approximate surface area is 314 Å². The summed E-state index contributed by atoms with van der Waals surface area (Å²) in [6.45, 7) is 4.50. The third-order valence-corrected chi connectivity index (χ3v) is 9.26. The van der Waals surface area contributed by atoms with Crippen molar-refractivity contribution < 1.29 is 30.0 Å². The predicted octanol–water partition coefficient (Wildman–Crippen LogP) is 10.3. The van der Waals surface area contributed by atoms with Crippen molar-refractivity contribution in [2.75, 3.05) is 0 Å². The predicted molar refractivity (Wildman–Crippen MR) is 201 cm³/mol. The molecule has 7 heteroatoms. The van der Waals surface area contributed by atoms with Gasteiger partial charge in [0.1, 0.15) is 11.3 Å². The number of unbranched alkanes of at least 4 members (excludes halogenated alkanes) is 22. The van der Waals surface area contributed by atoms with Crippen LogP contribution in [0.25, 0.3) is 0 Å². The number of carbonyl (C=O) groups is 2. The number of hydrogen-bond acceptors (Lipinski definition) is 5. The van der Waals surface area contributed by atoms with Gasteiger partial charge in [-0.3, -0.25) is 0 Å². The molecule has 0 aliphatic rings. The monoisotopic (exact) mass is 690 g/mol. The molecule has 6 nitrogen and oxygen atoms in total. The quantitative estimate of drug-likeness (QED) is 0.0677. The van der Waals surface area contributed by atoms with Gasteiger partial charge in [0, 0.05) is 0 Å². The van der Waals surface area contributed by atoms with Gasteiger partial charge in [-0.05, 0) is 48.4 Å². The average Bonchev–Trinajstić information content (AvgIpc) is 3.05. The Hall–Kier alpha value is -2.25. The van der Waals surface area contributed by atoms with Gasteiger partial charge in [-0.1, -0.05) is 191 Å². The number of carbonyl (C=O) groups excluding carboxylic acids is 1. The smallest absolute Gasteiger partial charge is 0.872 e. The van der Waals surface area contributed by atoms with Crippen LogP contribution in [-0.4, -0.2) is 45.2 Å². The Morgan fingerprint density at radius 2 is 0.857 bits per heavy atom. The zero-order valence-electron chi connectivity index (χ0n) is 31.1. The largest absolute Gasteiger partial charge is 2.00 e. The maximum absolute atomic E-state index is 11.6. The standard InChI is InChI=1S/2C21H34O3.Mg/c2*1-2-3-4-5-6-7-8-9-10-11-12-13-15-18-16-14-17-19(22)20(18)21(23)24;/h2*14,16-17,22H,2-13,15H2,1H3,(H,23,24);/q;;+2/p-2. The Morgan fingerprint density at radius 3 is 1.20 bits per heavy atom. The van der Waals surface area contributed by atoms with Crippen molar-refractivity contribution in [3.63, 3.8) is 0 Å². The van der Waals surface area contributed by atoms with E-state index in [1.807, 2.05) is 6.07 Å². The number of carboxylic acid groups (broad SMARTS) is 2. The number of benzene rings is 2. The number of rotatable bonds is 28.